The van der Waals surface area contributed by atoms with Gasteiger partial charge >= 0.3 is 0 Å². The third kappa shape index (κ3) is 1.32. The van der Waals surface area contributed by atoms with Crippen LogP contribution in [0.5, 0.6) is 5.75 Å². The molecular formula is C10H9FN2O. The van der Waals surface area contributed by atoms with E-state index in [0.29, 0.717) is 5.56 Å². The number of nitrogens with zero attached hydrogens (tertiary/aromatic N) is 1. The summed E-state index contributed by atoms with van der Waals surface area (Å²) in [6.07, 6.45) is 0.907. The monoisotopic (exact) mass is 192 g/mol. The van der Waals surface area contributed by atoms with E-state index in [2.05, 4.69) is 5.32 Å². The first-order valence-electron chi connectivity index (χ1n) is 4.38. The van der Waals surface area contributed by atoms with Gasteiger partial charge in [0.1, 0.15) is 17.6 Å². The van der Waals surface area contributed by atoms with Crippen molar-refractivity contribution in [2.45, 2.75) is 12.5 Å². The third-order valence-corrected chi connectivity index (χ3v) is 2.44. The fourth-order valence-electron chi connectivity index (χ4n) is 1.50. The van der Waals surface area contributed by atoms with Gasteiger partial charge in [-0.2, -0.15) is 5.26 Å². The van der Waals surface area contributed by atoms with Gasteiger partial charge in [0, 0.05) is 17.7 Å². The number of halogens is 1. The summed E-state index contributed by atoms with van der Waals surface area (Å²) in [6.45, 7) is 0.892. The highest BCUT2D eigenvalue weighted by Gasteiger charge is 2.22. The Hall–Kier alpha value is -1.60. The molecule has 1 fully saturated rings. The lowest BCUT2D eigenvalue weighted by molar-refractivity contribution is 0.363. The van der Waals surface area contributed by atoms with E-state index >= 15 is 0 Å². The van der Waals surface area contributed by atoms with Gasteiger partial charge in [0.25, 0.3) is 0 Å². The molecule has 0 aliphatic carbocycles. The Balaban J connectivity index is 2.44. The van der Waals surface area contributed by atoms with Gasteiger partial charge in [0.15, 0.2) is 0 Å². The van der Waals surface area contributed by atoms with Gasteiger partial charge in [-0.25, -0.2) is 4.39 Å². The molecule has 2 rings (SSSR count). The number of phenolic OH excluding ortho intramolecular Hbond substituents is 1. The van der Waals surface area contributed by atoms with Crippen LogP contribution in [0.2, 0.25) is 0 Å². The van der Waals surface area contributed by atoms with Crippen LogP contribution in [0, 0.1) is 17.1 Å². The molecule has 4 heteroatoms. The Kier molecular flexibility index (Phi) is 2.10. The molecule has 1 heterocycles. The minimum Gasteiger partial charge on any atom is -0.508 e. The van der Waals surface area contributed by atoms with Crippen LogP contribution in [-0.2, 0) is 0 Å². The summed E-state index contributed by atoms with van der Waals surface area (Å²) in [5.74, 6) is -0.758. The molecule has 0 radical (unpaired) electrons. The fourth-order valence-corrected chi connectivity index (χ4v) is 1.50. The molecule has 0 saturated carbocycles. The average molecular weight is 192 g/mol. The van der Waals surface area contributed by atoms with Crippen molar-refractivity contribution in [1.82, 2.24) is 5.32 Å². The Morgan fingerprint density at radius 2 is 2.29 bits per heavy atom. The molecule has 1 atom stereocenters. The number of aromatic hydroxyl groups is 1. The van der Waals surface area contributed by atoms with Crippen LogP contribution in [0.25, 0.3) is 0 Å². The fraction of sp³-hybridized carbons (Fsp3) is 0.300. The van der Waals surface area contributed by atoms with Gasteiger partial charge in [-0.05, 0) is 19.0 Å². The van der Waals surface area contributed by atoms with Crippen molar-refractivity contribution in [2.24, 2.45) is 0 Å². The minimum atomic E-state index is -0.673. The van der Waals surface area contributed by atoms with E-state index in [1.165, 1.54) is 6.07 Å². The molecule has 0 spiro atoms. The molecular weight excluding hydrogens is 183 g/mol. The zero-order chi connectivity index (χ0) is 10.1. The highest BCUT2D eigenvalue weighted by Crippen LogP contribution is 2.31. The smallest absolute Gasteiger partial charge is 0.144 e. The van der Waals surface area contributed by atoms with Gasteiger partial charge in [-0.3, -0.25) is 0 Å². The average Bonchev–Trinajstić information content (AvgIpc) is 2.06. The van der Waals surface area contributed by atoms with Crippen LogP contribution in [0.15, 0.2) is 12.1 Å². The Labute approximate surface area is 80.8 Å². The zero-order valence-electron chi connectivity index (χ0n) is 7.42. The molecule has 0 amide bonds. The predicted molar refractivity (Wildman–Crippen MR) is 48.1 cm³/mol. The molecule has 0 bridgehead atoms. The van der Waals surface area contributed by atoms with Crippen molar-refractivity contribution in [3.05, 3.63) is 29.1 Å². The van der Waals surface area contributed by atoms with Crippen LogP contribution >= 0.6 is 0 Å². The second kappa shape index (κ2) is 3.28. The molecule has 1 aromatic rings. The van der Waals surface area contributed by atoms with Crippen LogP contribution in [0.3, 0.4) is 0 Å². The zero-order valence-corrected chi connectivity index (χ0v) is 7.42. The molecule has 1 aliphatic heterocycles. The number of hydrogen-bond acceptors (Lipinski definition) is 3. The summed E-state index contributed by atoms with van der Waals surface area (Å²) in [7, 11) is 0. The maximum absolute atomic E-state index is 13.0. The highest BCUT2D eigenvalue weighted by molar-refractivity contribution is 5.44. The lowest BCUT2D eigenvalue weighted by Gasteiger charge is -2.28. The normalized spacial score (nSPS) is 19.9. The van der Waals surface area contributed by atoms with Gasteiger partial charge in [0.05, 0.1) is 5.56 Å². The number of benzene rings is 1. The second-order valence-electron chi connectivity index (χ2n) is 3.30. The SMILES string of the molecule is N#Cc1cc([C@@H]2CCN2)c(O)cc1F. The van der Waals surface area contributed by atoms with Gasteiger partial charge in [-0.1, -0.05) is 0 Å². The molecule has 72 valence electrons. The Bertz CT molecular complexity index is 407. The molecule has 3 nitrogen and oxygen atoms in total. The molecule has 0 aromatic heterocycles. The van der Waals surface area contributed by atoms with E-state index in [9.17, 15) is 9.50 Å². The first kappa shape index (κ1) is 8.97. The van der Waals surface area contributed by atoms with E-state index < -0.39 is 5.82 Å². The van der Waals surface area contributed by atoms with Crippen LogP contribution < -0.4 is 5.32 Å². The first-order valence-corrected chi connectivity index (χ1v) is 4.38. The number of rotatable bonds is 1. The standard InChI is InChI=1S/C10H9FN2O/c11-8-4-10(14)7(3-6(8)5-12)9-1-2-13-9/h3-4,9,13-14H,1-2H2/t9-/m0/s1. The number of nitriles is 1. The quantitative estimate of drug-likeness (QED) is 0.707. The van der Waals surface area contributed by atoms with Gasteiger partial charge in [0.2, 0.25) is 0 Å². The Morgan fingerprint density at radius 1 is 1.57 bits per heavy atom. The van der Waals surface area contributed by atoms with E-state index in [-0.39, 0.29) is 17.4 Å². The molecule has 1 aliphatic rings. The molecule has 14 heavy (non-hydrogen) atoms. The molecule has 1 saturated heterocycles. The molecule has 1 aromatic carbocycles. The van der Waals surface area contributed by atoms with Crippen LogP contribution in [-0.4, -0.2) is 11.7 Å². The van der Waals surface area contributed by atoms with Crippen molar-refractivity contribution in [2.75, 3.05) is 6.54 Å². The van der Waals surface area contributed by atoms with Crippen LogP contribution in [0.4, 0.5) is 4.39 Å². The lowest BCUT2D eigenvalue weighted by Crippen LogP contribution is -2.35. The summed E-state index contributed by atoms with van der Waals surface area (Å²) in [4.78, 5) is 0. The highest BCUT2D eigenvalue weighted by atomic mass is 19.1. The summed E-state index contributed by atoms with van der Waals surface area (Å²) < 4.78 is 13.0. The maximum atomic E-state index is 13.0. The number of hydrogen-bond donors (Lipinski definition) is 2. The van der Waals surface area contributed by atoms with Crippen molar-refractivity contribution < 1.29 is 9.50 Å². The Morgan fingerprint density at radius 3 is 2.79 bits per heavy atom. The number of phenols is 1. The van der Waals surface area contributed by atoms with E-state index in [0.717, 1.165) is 19.0 Å². The van der Waals surface area contributed by atoms with Crippen molar-refractivity contribution in [1.29, 1.82) is 5.26 Å². The van der Waals surface area contributed by atoms with Crippen molar-refractivity contribution >= 4 is 0 Å². The maximum Gasteiger partial charge on any atom is 0.144 e. The van der Waals surface area contributed by atoms with Crippen molar-refractivity contribution in [3.63, 3.8) is 0 Å². The second-order valence-corrected chi connectivity index (χ2v) is 3.30. The summed E-state index contributed by atoms with van der Waals surface area (Å²) in [6, 6.07) is 4.21. The number of nitrogens with one attached hydrogen (secondary N) is 1. The summed E-state index contributed by atoms with van der Waals surface area (Å²) in [5, 5.41) is 21.2. The van der Waals surface area contributed by atoms with E-state index in [4.69, 9.17) is 5.26 Å². The lowest BCUT2D eigenvalue weighted by atomic mass is 9.95. The molecule has 2 N–H and O–H groups in total. The van der Waals surface area contributed by atoms with Gasteiger partial charge < -0.3 is 10.4 Å². The first-order chi connectivity index (χ1) is 6.72. The largest absolute Gasteiger partial charge is 0.508 e. The van der Waals surface area contributed by atoms with E-state index in [1.54, 1.807) is 6.07 Å². The molecule has 0 unspecified atom stereocenters. The third-order valence-electron chi connectivity index (χ3n) is 2.44. The van der Waals surface area contributed by atoms with Gasteiger partial charge in [-0.15, -0.1) is 0 Å². The van der Waals surface area contributed by atoms with Crippen LogP contribution in [0.1, 0.15) is 23.6 Å². The summed E-state index contributed by atoms with van der Waals surface area (Å²) in [5.41, 5.74) is 0.584. The van der Waals surface area contributed by atoms with E-state index in [1.807, 2.05) is 0 Å². The minimum absolute atomic E-state index is 0.0218. The topological polar surface area (TPSA) is 56.0 Å². The predicted octanol–water partition coefficient (Wildman–Crippen LogP) is 1.44. The van der Waals surface area contributed by atoms with Crippen molar-refractivity contribution in [3.8, 4) is 11.8 Å². The summed E-state index contributed by atoms with van der Waals surface area (Å²) >= 11 is 0.